The number of aromatic nitrogens is 2. The van der Waals surface area contributed by atoms with Crippen LogP contribution in [0.4, 0.5) is 0 Å². The van der Waals surface area contributed by atoms with E-state index in [9.17, 15) is 9.59 Å². The van der Waals surface area contributed by atoms with E-state index in [-0.39, 0.29) is 24.4 Å². The first kappa shape index (κ1) is 15.9. The van der Waals surface area contributed by atoms with Crippen molar-refractivity contribution in [3.63, 3.8) is 0 Å². The van der Waals surface area contributed by atoms with Crippen LogP contribution in [-0.4, -0.2) is 50.5 Å². The van der Waals surface area contributed by atoms with Crippen molar-refractivity contribution < 1.29 is 9.59 Å². The minimum absolute atomic E-state index is 0.0374. The van der Waals surface area contributed by atoms with Crippen molar-refractivity contribution in [2.45, 2.75) is 38.4 Å². The summed E-state index contributed by atoms with van der Waals surface area (Å²) in [6, 6.07) is 9.65. The van der Waals surface area contributed by atoms with E-state index in [4.69, 9.17) is 0 Å². The first-order chi connectivity index (χ1) is 12.2. The summed E-state index contributed by atoms with van der Waals surface area (Å²) in [5.74, 6) is 0.00241. The van der Waals surface area contributed by atoms with Gasteiger partial charge in [0.2, 0.25) is 5.91 Å². The van der Waals surface area contributed by atoms with Gasteiger partial charge in [0, 0.05) is 31.0 Å². The summed E-state index contributed by atoms with van der Waals surface area (Å²) in [4.78, 5) is 29.0. The molecule has 3 heterocycles. The molecule has 1 unspecified atom stereocenters. The summed E-state index contributed by atoms with van der Waals surface area (Å²) >= 11 is 0. The predicted molar refractivity (Wildman–Crippen MR) is 92.8 cm³/mol. The molecule has 0 saturated carbocycles. The monoisotopic (exact) mass is 338 g/mol. The van der Waals surface area contributed by atoms with Gasteiger partial charge in [-0.25, -0.2) is 0 Å². The van der Waals surface area contributed by atoms with Gasteiger partial charge >= 0.3 is 0 Å². The Morgan fingerprint density at radius 1 is 1.20 bits per heavy atom. The molecule has 1 atom stereocenters. The van der Waals surface area contributed by atoms with Crippen molar-refractivity contribution in [2.24, 2.45) is 0 Å². The van der Waals surface area contributed by atoms with E-state index in [0.29, 0.717) is 13.1 Å². The summed E-state index contributed by atoms with van der Waals surface area (Å²) < 4.78 is 1.88. The maximum atomic E-state index is 12.9. The first-order valence-corrected chi connectivity index (χ1v) is 8.86. The number of fused-ring (bicyclic) bond motifs is 1. The van der Waals surface area contributed by atoms with Crippen LogP contribution in [0.1, 0.15) is 35.2 Å². The third-order valence-electron chi connectivity index (χ3n) is 5.13. The minimum Gasteiger partial charge on any atom is -0.336 e. The Morgan fingerprint density at radius 2 is 2.08 bits per heavy atom. The smallest absolute Gasteiger partial charge is 0.254 e. The van der Waals surface area contributed by atoms with Crippen LogP contribution in [-0.2, 0) is 17.9 Å². The van der Waals surface area contributed by atoms with Crippen LogP contribution in [0.15, 0.2) is 42.7 Å². The zero-order valence-electron chi connectivity index (χ0n) is 14.2. The fraction of sp³-hybridized carbons (Fsp3) is 0.421. The Hall–Kier alpha value is -2.63. The van der Waals surface area contributed by atoms with Crippen molar-refractivity contribution in [3.05, 3.63) is 53.9 Å². The summed E-state index contributed by atoms with van der Waals surface area (Å²) in [6.07, 6.45) is 6.83. The maximum Gasteiger partial charge on any atom is 0.254 e. The van der Waals surface area contributed by atoms with E-state index in [1.165, 1.54) is 0 Å². The van der Waals surface area contributed by atoms with Gasteiger partial charge in [-0.15, -0.1) is 0 Å². The number of nitrogens with zero attached hydrogens (tertiary/aromatic N) is 4. The van der Waals surface area contributed by atoms with E-state index in [2.05, 4.69) is 5.10 Å². The molecular formula is C19H22N4O2. The van der Waals surface area contributed by atoms with E-state index in [1.54, 1.807) is 11.1 Å². The van der Waals surface area contributed by atoms with E-state index >= 15 is 0 Å². The number of carbonyl (C=O) groups is 2. The molecule has 0 N–H and O–H groups in total. The lowest BCUT2D eigenvalue weighted by molar-refractivity contribution is -0.136. The quantitative estimate of drug-likeness (QED) is 0.856. The largest absolute Gasteiger partial charge is 0.336 e. The van der Waals surface area contributed by atoms with Crippen LogP contribution in [0.25, 0.3) is 0 Å². The van der Waals surface area contributed by atoms with Gasteiger partial charge in [0.1, 0.15) is 6.54 Å². The summed E-state index contributed by atoms with van der Waals surface area (Å²) in [5, 5.41) is 4.26. The van der Waals surface area contributed by atoms with Gasteiger partial charge < -0.3 is 9.80 Å². The number of amides is 2. The van der Waals surface area contributed by atoms with Crippen LogP contribution >= 0.6 is 0 Å². The third-order valence-corrected chi connectivity index (χ3v) is 5.13. The van der Waals surface area contributed by atoms with Crippen molar-refractivity contribution in [2.75, 3.05) is 13.1 Å². The van der Waals surface area contributed by atoms with Crippen molar-refractivity contribution in [1.82, 2.24) is 19.6 Å². The molecule has 0 aliphatic carbocycles. The molecule has 0 radical (unpaired) electrons. The fourth-order valence-electron chi connectivity index (χ4n) is 3.84. The molecule has 25 heavy (non-hydrogen) atoms. The molecule has 2 aliphatic heterocycles. The Balaban J connectivity index is 1.44. The second-order valence-corrected chi connectivity index (χ2v) is 6.78. The third kappa shape index (κ3) is 3.16. The Morgan fingerprint density at radius 3 is 2.88 bits per heavy atom. The zero-order valence-corrected chi connectivity index (χ0v) is 14.2. The van der Waals surface area contributed by atoms with Gasteiger partial charge in [-0.05, 0) is 37.0 Å². The number of carbonyl (C=O) groups excluding carboxylic acids is 2. The normalized spacial score (nSPS) is 20.0. The molecule has 6 heteroatoms. The number of benzene rings is 1. The SMILES string of the molecule is O=C1c2ccccc2CN1CC(=O)N1CCCCC1Cn1cccn1. The molecule has 2 amide bonds. The number of hydrogen-bond acceptors (Lipinski definition) is 3. The number of likely N-dealkylation sites (tertiary alicyclic amines) is 1. The highest BCUT2D eigenvalue weighted by Crippen LogP contribution is 2.24. The second-order valence-electron chi connectivity index (χ2n) is 6.78. The molecular weight excluding hydrogens is 316 g/mol. The highest BCUT2D eigenvalue weighted by molar-refractivity contribution is 6.00. The van der Waals surface area contributed by atoms with Gasteiger partial charge in [-0.1, -0.05) is 18.2 Å². The number of hydrogen-bond donors (Lipinski definition) is 0. The van der Waals surface area contributed by atoms with Crippen molar-refractivity contribution in [3.8, 4) is 0 Å². The maximum absolute atomic E-state index is 12.9. The standard InChI is InChI=1S/C19H22N4O2/c24-18(14-21-12-15-6-1-2-8-17(15)19(21)25)23-11-4-3-7-16(23)13-22-10-5-9-20-22/h1-2,5-6,8-10,16H,3-4,7,11-14H2. The van der Waals surface area contributed by atoms with E-state index in [1.807, 2.05) is 46.1 Å². The molecule has 1 saturated heterocycles. The van der Waals surface area contributed by atoms with Crippen molar-refractivity contribution >= 4 is 11.8 Å². The Bertz CT molecular complexity index is 771. The summed E-state index contributed by atoms with van der Waals surface area (Å²) in [7, 11) is 0. The lowest BCUT2D eigenvalue weighted by Crippen LogP contribution is -2.49. The van der Waals surface area contributed by atoms with Crippen LogP contribution < -0.4 is 0 Å². The molecule has 0 spiro atoms. The van der Waals surface area contributed by atoms with E-state index in [0.717, 1.165) is 36.9 Å². The number of piperidine rings is 1. The van der Waals surface area contributed by atoms with Crippen LogP contribution in [0, 0.1) is 0 Å². The van der Waals surface area contributed by atoms with Crippen LogP contribution in [0.3, 0.4) is 0 Å². The topological polar surface area (TPSA) is 58.4 Å². The van der Waals surface area contributed by atoms with Gasteiger partial charge in [0.05, 0.1) is 12.6 Å². The molecule has 1 aromatic carbocycles. The predicted octanol–water partition coefficient (Wildman–Crippen LogP) is 1.92. The van der Waals surface area contributed by atoms with Gasteiger partial charge in [0.25, 0.3) is 5.91 Å². The van der Waals surface area contributed by atoms with Gasteiger partial charge in [-0.3, -0.25) is 14.3 Å². The van der Waals surface area contributed by atoms with Gasteiger partial charge in [0.15, 0.2) is 0 Å². The molecule has 1 fully saturated rings. The Kier molecular flexibility index (Phi) is 4.26. The molecule has 1 aromatic heterocycles. The first-order valence-electron chi connectivity index (χ1n) is 8.86. The minimum atomic E-state index is -0.0374. The highest BCUT2D eigenvalue weighted by Gasteiger charge is 2.32. The molecule has 4 rings (SSSR count). The fourth-order valence-corrected chi connectivity index (χ4v) is 3.84. The second kappa shape index (κ2) is 6.70. The summed E-state index contributed by atoms with van der Waals surface area (Å²) in [6.45, 7) is 2.16. The average molecular weight is 338 g/mol. The molecule has 2 aliphatic rings. The zero-order chi connectivity index (χ0) is 17.2. The average Bonchev–Trinajstić information content (AvgIpc) is 3.24. The van der Waals surface area contributed by atoms with Gasteiger partial charge in [-0.2, -0.15) is 5.10 Å². The molecule has 2 aromatic rings. The highest BCUT2D eigenvalue weighted by atomic mass is 16.2. The molecule has 0 bridgehead atoms. The lowest BCUT2D eigenvalue weighted by atomic mass is 10.0. The molecule has 6 nitrogen and oxygen atoms in total. The van der Waals surface area contributed by atoms with Crippen molar-refractivity contribution in [1.29, 1.82) is 0 Å². The number of rotatable bonds is 4. The van der Waals surface area contributed by atoms with E-state index < -0.39 is 0 Å². The van der Waals surface area contributed by atoms with Crippen LogP contribution in [0.2, 0.25) is 0 Å². The Labute approximate surface area is 147 Å². The molecule has 130 valence electrons. The summed E-state index contributed by atoms with van der Waals surface area (Å²) in [5.41, 5.74) is 1.73. The lowest BCUT2D eigenvalue weighted by Gasteiger charge is -2.36. The van der Waals surface area contributed by atoms with Crippen LogP contribution in [0.5, 0.6) is 0 Å².